The van der Waals surface area contributed by atoms with E-state index in [0.29, 0.717) is 4.77 Å². The maximum atomic E-state index is 5.71. The quantitative estimate of drug-likeness (QED) is 0.814. The van der Waals surface area contributed by atoms with Gasteiger partial charge in [-0.3, -0.25) is 5.10 Å². The number of hydrogen-bond acceptors (Lipinski definition) is 4. The van der Waals surface area contributed by atoms with Crippen LogP contribution in [0.4, 0.5) is 0 Å². The molecule has 1 unspecified atom stereocenters. The number of aromatic nitrogens is 3. The van der Waals surface area contributed by atoms with Crippen LogP contribution in [0.3, 0.4) is 0 Å². The number of aromatic amines is 1. The van der Waals surface area contributed by atoms with Crippen molar-refractivity contribution in [1.29, 1.82) is 0 Å². The van der Waals surface area contributed by atoms with Crippen LogP contribution in [0.2, 0.25) is 0 Å². The molecule has 0 amide bonds. The zero-order valence-electron chi connectivity index (χ0n) is 12.7. The zero-order chi connectivity index (χ0) is 15.4. The van der Waals surface area contributed by atoms with E-state index in [0.717, 1.165) is 43.3 Å². The van der Waals surface area contributed by atoms with Crippen molar-refractivity contribution in [3.8, 4) is 0 Å². The van der Waals surface area contributed by atoms with E-state index in [4.69, 9.17) is 17.0 Å². The van der Waals surface area contributed by atoms with Crippen molar-refractivity contribution in [3.05, 3.63) is 46.0 Å². The molecule has 118 valence electrons. The lowest BCUT2D eigenvalue weighted by atomic mass is 10.2. The smallest absolute Gasteiger partial charge is 0.195 e. The Hall–Kier alpha value is -1.11. The van der Waals surface area contributed by atoms with E-state index in [1.54, 1.807) is 0 Å². The van der Waals surface area contributed by atoms with Gasteiger partial charge in [-0.1, -0.05) is 29.8 Å². The predicted molar refractivity (Wildman–Crippen MR) is 92.6 cm³/mol. The standard InChI is InChI=1S/C16H21N3OS2/c1-12-4-6-13(7-5-12)10-22-11-15-17-18-16(21)19(15)9-14-3-2-8-20-14/h4-7,14H,2-3,8-11H2,1H3,(H,18,21). The first-order valence-corrected chi connectivity index (χ1v) is 9.17. The summed E-state index contributed by atoms with van der Waals surface area (Å²) in [5.41, 5.74) is 2.64. The predicted octanol–water partition coefficient (Wildman–Crippen LogP) is 3.86. The third-order valence-corrected chi connectivity index (χ3v) is 5.18. The third kappa shape index (κ3) is 4.00. The van der Waals surface area contributed by atoms with Gasteiger partial charge in [0.2, 0.25) is 0 Å². The normalized spacial score (nSPS) is 18.0. The Kier molecular flexibility index (Phi) is 5.33. The van der Waals surface area contributed by atoms with Gasteiger partial charge in [-0.2, -0.15) is 5.10 Å². The van der Waals surface area contributed by atoms with Crippen molar-refractivity contribution < 1.29 is 4.74 Å². The Labute approximate surface area is 140 Å². The second-order valence-corrected chi connectivity index (χ2v) is 7.04. The van der Waals surface area contributed by atoms with Crippen LogP contribution < -0.4 is 0 Å². The lowest BCUT2D eigenvalue weighted by Crippen LogP contribution is -2.17. The van der Waals surface area contributed by atoms with E-state index in [2.05, 4.69) is 46.0 Å². The summed E-state index contributed by atoms with van der Waals surface area (Å²) >= 11 is 7.21. The molecule has 3 rings (SSSR count). The van der Waals surface area contributed by atoms with Crippen molar-refractivity contribution >= 4 is 24.0 Å². The van der Waals surface area contributed by atoms with Gasteiger partial charge in [-0.15, -0.1) is 11.8 Å². The first-order chi connectivity index (χ1) is 10.7. The number of nitrogens with zero attached hydrogens (tertiary/aromatic N) is 2. The van der Waals surface area contributed by atoms with Crippen LogP contribution in [0.15, 0.2) is 24.3 Å². The van der Waals surface area contributed by atoms with Gasteiger partial charge in [0.25, 0.3) is 0 Å². The van der Waals surface area contributed by atoms with E-state index in [-0.39, 0.29) is 6.10 Å². The molecule has 4 nitrogen and oxygen atoms in total. The van der Waals surface area contributed by atoms with Crippen LogP contribution in [0, 0.1) is 11.7 Å². The van der Waals surface area contributed by atoms with Crippen LogP contribution in [-0.4, -0.2) is 27.5 Å². The summed E-state index contributed by atoms with van der Waals surface area (Å²) in [6, 6.07) is 8.68. The van der Waals surface area contributed by atoms with Crippen molar-refractivity contribution in [2.75, 3.05) is 6.61 Å². The molecule has 1 atom stereocenters. The molecule has 0 bridgehead atoms. The van der Waals surface area contributed by atoms with E-state index < -0.39 is 0 Å². The fraction of sp³-hybridized carbons (Fsp3) is 0.500. The monoisotopic (exact) mass is 335 g/mol. The minimum absolute atomic E-state index is 0.283. The molecule has 1 aromatic carbocycles. The first kappa shape index (κ1) is 15.8. The highest BCUT2D eigenvalue weighted by molar-refractivity contribution is 7.97. The molecule has 0 spiro atoms. The molecule has 0 aliphatic carbocycles. The van der Waals surface area contributed by atoms with E-state index in [9.17, 15) is 0 Å². The molecule has 1 aliphatic rings. The first-order valence-electron chi connectivity index (χ1n) is 7.61. The summed E-state index contributed by atoms with van der Waals surface area (Å²) in [5.74, 6) is 2.85. The molecular formula is C16H21N3OS2. The number of ether oxygens (including phenoxy) is 1. The minimum atomic E-state index is 0.283. The van der Waals surface area contributed by atoms with Gasteiger partial charge in [-0.05, 0) is 37.5 Å². The second kappa shape index (κ2) is 7.44. The number of rotatable bonds is 6. The molecule has 1 N–H and O–H groups in total. The van der Waals surface area contributed by atoms with Gasteiger partial charge in [0.1, 0.15) is 5.82 Å². The summed E-state index contributed by atoms with van der Waals surface area (Å²) in [6.07, 6.45) is 2.54. The van der Waals surface area contributed by atoms with E-state index >= 15 is 0 Å². The highest BCUT2D eigenvalue weighted by Crippen LogP contribution is 2.19. The van der Waals surface area contributed by atoms with Crippen molar-refractivity contribution in [2.45, 2.75) is 43.9 Å². The molecule has 6 heteroatoms. The topological polar surface area (TPSA) is 42.8 Å². The van der Waals surface area contributed by atoms with Gasteiger partial charge in [-0.25, -0.2) is 0 Å². The molecule has 1 aliphatic heterocycles. The SMILES string of the molecule is Cc1ccc(CSCc2n[nH]c(=S)n2CC2CCCO2)cc1. The molecule has 22 heavy (non-hydrogen) atoms. The maximum Gasteiger partial charge on any atom is 0.195 e. The number of benzene rings is 1. The Balaban J connectivity index is 1.58. The Morgan fingerprint density at radius 3 is 2.91 bits per heavy atom. The number of nitrogens with one attached hydrogen (secondary N) is 1. The van der Waals surface area contributed by atoms with Crippen LogP contribution in [-0.2, 0) is 22.8 Å². The number of thioether (sulfide) groups is 1. The van der Waals surface area contributed by atoms with Gasteiger partial charge < -0.3 is 9.30 Å². The fourth-order valence-electron chi connectivity index (χ4n) is 2.59. The number of H-pyrrole nitrogens is 1. The van der Waals surface area contributed by atoms with Gasteiger partial charge >= 0.3 is 0 Å². The molecule has 2 aromatic rings. The van der Waals surface area contributed by atoms with E-state index in [1.807, 2.05) is 11.8 Å². The lowest BCUT2D eigenvalue weighted by Gasteiger charge is -2.12. The average Bonchev–Trinajstić information content (AvgIpc) is 3.14. The van der Waals surface area contributed by atoms with Crippen LogP contribution >= 0.6 is 24.0 Å². The second-order valence-electron chi connectivity index (χ2n) is 5.67. The molecule has 1 fully saturated rings. The maximum absolute atomic E-state index is 5.71. The highest BCUT2D eigenvalue weighted by Gasteiger charge is 2.18. The van der Waals surface area contributed by atoms with Gasteiger partial charge in [0, 0.05) is 12.4 Å². The van der Waals surface area contributed by atoms with Gasteiger partial charge in [0.15, 0.2) is 4.77 Å². The third-order valence-electron chi connectivity index (χ3n) is 3.87. The van der Waals surface area contributed by atoms with Crippen molar-refractivity contribution in [1.82, 2.24) is 14.8 Å². The fourth-order valence-corrected chi connectivity index (χ4v) is 3.74. The summed E-state index contributed by atoms with van der Waals surface area (Å²) in [6.45, 7) is 3.79. The van der Waals surface area contributed by atoms with Gasteiger partial charge in [0.05, 0.1) is 18.4 Å². The highest BCUT2D eigenvalue weighted by atomic mass is 32.2. The molecule has 0 saturated carbocycles. The molecular weight excluding hydrogens is 314 g/mol. The van der Waals surface area contributed by atoms with E-state index in [1.165, 1.54) is 11.1 Å². The van der Waals surface area contributed by atoms with Crippen LogP contribution in [0.1, 0.15) is 29.8 Å². The number of hydrogen-bond donors (Lipinski definition) is 1. The molecule has 1 aromatic heterocycles. The lowest BCUT2D eigenvalue weighted by molar-refractivity contribution is 0.0960. The largest absolute Gasteiger partial charge is 0.376 e. The zero-order valence-corrected chi connectivity index (χ0v) is 14.4. The minimum Gasteiger partial charge on any atom is -0.376 e. The Morgan fingerprint density at radius 1 is 1.36 bits per heavy atom. The summed E-state index contributed by atoms with van der Waals surface area (Å²) < 4.78 is 8.49. The Bertz CT molecular complexity index is 657. The average molecular weight is 335 g/mol. The van der Waals surface area contributed by atoms with Crippen molar-refractivity contribution in [2.24, 2.45) is 0 Å². The van der Waals surface area contributed by atoms with Crippen LogP contribution in [0.25, 0.3) is 0 Å². The summed E-state index contributed by atoms with van der Waals surface area (Å²) in [7, 11) is 0. The Morgan fingerprint density at radius 2 is 2.18 bits per heavy atom. The summed E-state index contributed by atoms with van der Waals surface area (Å²) in [4.78, 5) is 0. The van der Waals surface area contributed by atoms with Crippen LogP contribution in [0.5, 0.6) is 0 Å². The number of aryl methyl sites for hydroxylation is 1. The van der Waals surface area contributed by atoms with Crippen molar-refractivity contribution in [3.63, 3.8) is 0 Å². The molecule has 2 heterocycles. The molecule has 0 radical (unpaired) electrons. The molecule has 1 saturated heterocycles. The summed E-state index contributed by atoms with van der Waals surface area (Å²) in [5, 5.41) is 7.29.